The highest BCUT2D eigenvalue weighted by Gasteiger charge is 2.12. The molecule has 0 aromatic rings. The van der Waals surface area contributed by atoms with Crippen LogP contribution in [0.15, 0.2) is 0 Å². The molecule has 0 N–H and O–H groups in total. The molecule has 0 bridgehead atoms. The Labute approximate surface area is 106 Å². The Balaban J connectivity index is 0.000000247. The first-order valence-corrected chi connectivity index (χ1v) is 7.19. The highest BCUT2D eigenvalue weighted by molar-refractivity contribution is 5.54. The van der Waals surface area contributed by atoms with Gasteiger partial charge in [0, 0.05) is 11.8 Å². The zero-order chi connectivity index (χ0) is 12.9. The van der Waals surface area contributed by atoms with Crippen molar-refractivity contribution in [2.75, 3.05) is 0 Å². The molecule has 2 aliphatic rings. The van der Waals surface area contributed by atoms with Gasteiger partial charge in [0.15, 0.2) is 0 Å². The number of aldehydes is 2. The number of hydrogen-bond donors (Lipinski definition) is 0. The Bertz CT molecular complexity index is 157. The molecular weight excluding hydrogens is 212 g/mol. The van der Waals surface area contributed by atoms with Crippen LogP contribution in [0.3, 0.4) is 0 Å². The van der Waals surface area contributed by atoms with Crippen molar-refractivity contribution in [3.63, 3.8) is 0 Å². The smallest absolute Gasteiger partial charge is 0.123 e. The summed E-state index contributed by atoms with van der Waals surface area (Å²) in [5, 5.41) is 0. The third-order valence-corrected chi connectivity index (χ3v) is 3.18. The maximum Gasteiger partial charge on any atom is 0.123 e. The standard InChI is InChI=1S/2C6H10O.C3H8/c2*7-5-6-3-1-2-4-6;1-3-2/h2*5-6H,1-4H2;3H2,1-2H3. The van der Waals surface area contributed by atoms with Crippen molar-refractivity contribution in [3.8, 4) is 0 Å². The Kier molecular flexibility index (Phi) is 11.4. The van der Waals surface area contributed by atoms with Crippen LogP contribution in [0, 0.1) is 11.8 Å². The summed E-state index contributed by atoms with van der Waals surface area (Å²) in [5.41, 5.74) is 0. The Morgan fingerprint density at radius 1 is 0.765 bits per heavy atom. The summed E-state index contributed by atoms with van der Waals surface area (Å²) in [7, 11) is 0. The Morgan fingerprint density at radius 3 is 1.12 bits per heavy atom. The number of carbonyl (C=O) groups excluding carboxylic acids is 2. The largest absolute Gasteiger partial charge is 0.303 e. The molecule has 100 valence electrons. The van der Waals surface area contributed by atoms with Crippen molar-refractivity contribution in [1.29, 1.82) is 0 Å². The minimum absolute atomic E-state index is 0.417. The lowest BCUT2D eigenvalue weighted by atomic mass is 10.1. The summed E-state index contributed by atoms with van der Waals surface area (Å²) >= 11 is 0. The highest BCUT2D eigenvalue weighted by atomic mass is 16.1. The van der Waals surface area contributed by atoms with Gasteiger partial charge in [-0.05, 0) is 25.7 Å². The summed E-state index contributed by atoms with van der Waals surface area (Å²) in [4.78, 5) is 20.0. The van der Waals surface area contributed by atoms with E-state index < -0.39 is 0 Å². The van der Waals surface area contributed by atoms with Crippen molar-refractivity contribution in [2.24, 2.45) is 11.8 Å². The van der Waals surface area contributed by atoms with Gasteiger partial charge in [0.05, 0.1) is 0 Å². The first-order chi connectivity index (χ1) is 8.28. The van der Waals surface area contributed by atoms with Gasteiger partial charge in [-0.15, -0.1) is 0 Å². The minimum Gasteiger partial charge on any atom is -0.303 e. The second-order valence-electron chi connectivity index (χ2n) is 5.07. The molecule has 2 nitrogen and oxygen atoms in total. The molecule has 0 aliphatic heterocycles. The molecule has 0 atom stereocenters. The first kappa shape index (κ1) is 16.3. The van der Waals surface area contributed by atoms with Gasteiger partial charge in [0.2, 0.25) is 0 Å². The Hall–Kier alpha value is -0.660. The van der Waals surface area contributed by atoms with Crippen LogP contribution in [0.2, 0.25) is 0 Å². The summed E-state index contributed by atoms with van der Waals surface area (Å²) in [6.07, 6.45) is 13.1. The van der Waals surface area contributed by atoms with Gasteiger partial charge in [-0.1, -0.05) is 46.0 Å². The van der Waals surface area contributed by atoms with Crippen LogP contribution >= 0.6 is 0 Å². The average Bonchev–Trinajstić information content (AvgIpc) is 3.04. The van der Waals surface area contributed by atoms with E-state index in [-0.39, 0.29) is 0 Å². The van der Waals surface area contributed by atoms with Crippen molar-refractivity contribution in [2.45, 2.75) is 71.6 Å². The van der Waals surface area contributed by atoms with Crippen LogP contribution < -0.4 is 0 Å². The minimum atomic E-state index is 0.417. The Morgan fingerprint density at radius 2 is 1.00 bits per heavy atom. The third-order valence-electron chi connectivity index (χ3n) is 3.18. The molecule has 2 saturated carbocycles. The van der Waals surface area contributed by atoms with Crippen LogP contribution in [-0.4, -0.2) is 12.6 Å². The van der Waals surface area contributed by atoms with E-state index in [0.717, 1.165) is 38.3 Å². The fourth-order valence-electron chi connectivity index (χ4n) is 2.19. The van der Waals surface area contributed by atoms with E-state index in [0.29, 0.717) is 11.8 Å². The fourth-order valence-corrected chi connectivity index (χ4v) is 2.19. The molecule has 17 heavy (non-hydrogen) atoms. The second kappa shape index (κ2) is 11.8. The molecule has 2 heteroatoms. The molecule has 0 aromatic carbocycles. The molecule has 0 saturated heterocycles. The van der Waals surface area contributed by atoms with Crippen molar-refractivity contribution >= 4 is 12.6 Å². The lowest BCUT2D eigenvalue weighted by Gasteiger charge is -1.90. The fraction of sp³-hybridized carbons (Fsp3) is 0.867. The van der Waals surface area contributed by atoms with Crippen molar-refractivity contribution in [1.82, 2.24) is 0 Å². The maximum atomic E-state index is 10.0. The summed E-state index contributed by atoms with van der Waals surface area (Å²) in [6, 6.07) is 0. The van der Waals surface area contributed by atoms with Crippen molar-refractivity contribution in [3.05, 3.63) is 0 Å². The normalized spacial score (nSPS) is 19.9. The molecule has 2 aliphatic carbocycles. The van der Waals surface area contributed by atoms with E-state index in [2.05, 4.69) is 13.8 Å². The highest BCUT2D eigenvalue weighted by Crippen LogP contribution is 2.22. The van der Waals surface area contributed by atoms with Crippen LogP contribution in [0.25, 0.3) is 0 Å². The van der Waals surface area contributed by atoms with E-state index >= 15 is 0 Å². The predicted molar refractivity (Wildman–Crippen MR) is 72.0 cm³/mol. The molecule has 2 rings (SSSR count). The maximum absolute atomic E-state index is 10.0. The van der Waals surface area contributed by atoms with Crippen LogP contribution in [0.4, 0.5) is 0 Å². The van der Waals surface area contributed by atoms with Gasteiger partial charge < -0.3 is 9.59 Å². The van der Waals surface area contributed by atoms with Crippen molar-refractivity contribution < 1.29 is 9.59 Å². The second-order valence-corrected chi connectivity index (χ2v) is 5.07. The average molecular weight is 240 g/mol. The molecule has 0 heterocycles. The molecule has 0 unspecified atom stereocenters. The quantitative estimate of drug-likeness (QED) is 0.679. The van der Waals surface area contributed by atoms with E-state index in [9.17, 15) is 9.59 Å². The summed E-state index contributed by atoms with van der Waals surface area (Å²) in [6.45, 7) is 4.25. The van der Waals surface area contributed by atoms with Gasteiger partial charge >= 0.3 is 0 Å². The molecule has 0 aromatic heterocycles. The topological polar surface area (TPSA) is 34.1 Å². The van der Waals surface area contributed by atoms with Gasteiger partial charge in [-0.3, -0.25) is 0 Å². The van der Waals surface area contributed by atoms with Gasteiger partial charge in [0.25, 0.3) is 0 Å². The zero-order valence-corrected chi connectivity index (χ0v) is 11.5. The molecule has 0 amide bonds. The number of carbonyl (C=O) groups is 2. The molecule has 0 spiro atoms. The molecular formula is C15H28O2. The lowest BCUT2D eigenvalue weighted by Crippen LogP contribution is -1.91. The summed E-state index contributed by atoms with van der Waals surface area (Å²) in [5.74, 6) is 0.833. The molecule has 2 fully saturated rings. The van der Waals surface area contributed by atoms with Gasteiger partial charge in [0.1, 0.15) is 12.6 Å². The predicted octanol–water partition coefficient (Wildman–Crippen LogP) is 4.17. The number of rotatable bonds is 2. The first-order valence-electron chi connectivity index (χ1n) is 7.19. The van der Waals surface area contributed by atoms with E-state index in [1.54, 1.807) is 0 Å². The summed E-state index contributed by atoms with van der Waals surface area (Å²) < 4.78 is 0. The molecule has 0 radical (unpaired) electrons. The number of hydrogen-bond acceptors (Lipinski definition) is 2. The van der Waals surface area contributed by atoms with Crippen LogP contribution in [0.5, 0.6) is 0 Å². The zero-order valence-electron chi connectivity index (χ0n) is 11.5. The van der Waals surface area contributed by atoms with Crippen LogP contribution in [0.1, 0.15) is 71.6 Å². The van der Waals surface area contributed by atoms with E-state index in [4.69, 9.17) is 0 Å². The monoisotopic (exact) mass is 240 g/mol. The van der Waals surface area contributed by atoms with Gasteiger partial charge in [-0.2, -0.15) is 0 Å². The van der Waals surface area contributed by atoms with Crippen LogP contribution in [-0.2, 0) is 9.59 Å². The third kappa shape index (κ3) is 9.08. The van der Waals surface area contributed by atoms with Gasteiger partial charge in [-0.25, -0.2) is 0 Å². The van der Waals surface area contributed by atoms with E-state index in [1.165, 1.54) is 32.1 Å². The SMILES string of the molecule is CCC.O=CC1CCCC1.O=CC1CCCC1. The lowest BCUT2D eigenvalue weighted by molar-refractivity contribution is -0.111. The van der Waals surface area contributed by atoms with E-state index in [1.807, 2.05) is 0 Å².